The summed E-state index contributed by atoms with van der Waals surface area (Å²) in [7, 11) is 1.59. The van der Waals surface area contributed by atoms with Crippen molar-refractivity contribution in [1.29, 1.82) is 0 Å². The van der Waals surface area contributed by atoms with Crippen molar-refractivity contribution in [2.75, 3.05) is 31.8 Å². The molecule has 8 nitrogen and oxygen atoms in total. The molecule has 2 fully saturated rings. The van der Waals surface area contributed by atoms with Gasteiger partial charge >= 0.3 is 5.97 Å². The molecule has 5 rings (SSSR count). The lowest BCUT2D eigenvalue weighted by molar-refractivity contribution is -0.153. The largest absolute Gasteiger partial charge is 0.497 e. The van der Waals surface area contributed by atoms with Gasteiger partial charge < -0.3 is 24.4 Å². The number of hydrogen-bond donors (Lipinski definition) is 1. The molecule has 1 N–H and O–H groups in total. The van der Waals surface area contributed by atoms with E-state index in [1.54, 1.807) is 29.0 Å². The molecular formula is C28H34N2O6S. The summed E-state index contributed by atoms with van der Waals surface area (Å²) in [6, 6.07) is 5.87. The number of ether oxygens (including phenoxy) is 2. The van der Waals surface area contributed by atoms with Crippen LogP contribution in [-0.2, 0) is 19.1 Å². The van der Waals surface area contributed by atoms with Crippen LogP contribution >= 0.6 is 11.8 Å². The molecule has 4 heterocycles. The molecule has 198 valence electrons. The summed E-state index contributed by atoms with van der Waals surface area (Å²) in [5, 5.41) is 9.95. The molecule has 4 aliphatic heterocycles. The third-order valence-electron chi connectivity index (χ3n) is 8.00. The van der Waals surface area contributed by atoms with Crippen LogP contribution in [0.2, 0.25) is 0 Å². The van der Waals surface area contributed by atoms with E-state index >= 15 is 0 Å². The van der Waals surface area contributed by atoms with Crippen LogP contribution in [0.15, 0.2) is 48.6 Å². The van der Waals surface area contributed by atoms with Gasteiger partial charge in [-0.15, -0.1) is 11.8 Å². The third-order valence-corrected chi connectivity index (χ3v) is 9.74. The topological polar surface area (TPSA) is 96.4 Å². The van der Waals surface area contributed by atoms with E-state index in [0.717, 1.165) is 19.3 Å². The molecule has 0 aromatic heterocycles. The van der Waals surface area contributed by atoms with Gasteiger partial charge in [-0.05, 0) is 49.9 Å². The van der Waals surface area contributed by atoms with Gasteiger partial charge in [-0.25, -0.2) is 0 Å². The molecule has 4 aliphatic rings. The van der Waals surface area contributed by atoms with E-state index in [4.69, 9.17) is 9.47 Å². The SMILES string of the molecule is CC[C@@H](CO)N1C(=O)[C@@H]2[C@H]3C(=O)OCCCC/C=C\[C@H]3S[C@@]23C=CCN(c2ccc(OC)cc2)C(=O)C13. The molecule has 1 spiro atoms. The summed E-state index contributed by atoms with van der Waals surface area (Å²) >= 11 is 1.52. The average molecular weight is 527 g/mol. The molecule has 6 atom stereocenters. The standard InChI is InChI=1S/C28H34N2O6S/c1-3-18(17-31)30-24-26(33)29(19-10-12-20(35-2)13-11-19)15-8-14-28(24)23(25(30)32)22-21(37-28)9-6-4-5-7-16-36-27(22)34/h6,8-14,18,21-24,31H,3-5,7,15-17H2,1-2H3/b9-6-/t18-,21+,22-,23-,24?,28-/m0/s1. The number of anilines is 1. The first-order valence-electron chi connectivity index (χ1n) is 13.0. The highest BCUT2D eigenvalue weighted by atomic mass is 32.2. The predicted molar refractivity (Wildman–Crippen MR) is 141 cm³/mol. The molecule has 1 aromatic rings. The van der Waals surface area contributed by atoms with Crippen LogP contribution in [0.25, 0.3) is 0 Å². The zero-order valence-corrected chi connectivity index (χ0v) is 22.1. The number of nitrogens with zero attached hydrogens (tertiary/aromatic N) is 2. The molecule has 2 amide bonds. The first kappa shape index (κ1) is 25.9. The smallest absolute Gasteiger partial charge is 0.311 e. The van der Waals surface area contributed by atoms with Gasteiger partial charge in [-0.1, -0.05) is 31.2 Å². The molecule has 0 radical (unpaired) electrons. The Labute approximate surface area is 221 Å². The minimum atomic E-state index is -0.940. The van der Waals surface area contributed by atoms with Crippen LogP contribution in [0.3, 0.4) is 0 Å². The molecule has 37 heavy (non-hydrogen) atoms. The Morgan fingerprint density at radius 1 is 1.16 bits per heavy atom. The molecule has 2 saturated heterocycles. The highest BCUT2D eigenvalue weighted by molar-refractivity contribution is 8.02. The van der Waals surface area contributed by atoms with E-state index in [9.17, 15) is 19.5 Å². The van der Waals surface area contributed by atoms with Crippen molar-refractivity contribution in [3.63, 3.8) is 0 Å². The number of hydrogen-bond acceptors (Lipinski definition) is 7. The maximum Gasteiger partial charge on any atom is 0.311 e. The number of esters is 1. The van der Waals surface area contributed by atoms with Crippen LogP contribution in [-0.4, -0.2) is 76.7 Å². The van der Waals surface area contributed by atoms with E-state index < -0.39 is 28.7 Å². The van der Waals surface area contributed by atoms with Gasteiger partial charge in [0.15, 0.2) is 0 Å². The number of rotatable bonds is 5. The predicted octanol–water partition coefficient (Wildman–Crippen LogP) is 2.95. The van der Waals surface area contributed by atoms with E-state index in [2.05, 4.69) is 6.08 Å². The first-order chi connectivity index (χ1) is 18.0. The lowest BCUT2D eigenvalue weighted by atomic mass is 9.78. The highest BCUT2D eigenvalue weighted by Crippen LogP contribution is 2.61. The number of carbonyl (C=O) groups excluding carboxylic acids is 3. The van der Waals surface area contributed by atoms with Gasteiger partial charge in [0.25, 0.3) is 5.91 Å². The van der Waals surface area contributed by atoms with Gasteiger partial charge in [-0.3, -0.25) is 14.4 Å². The van der Waals surface area contributed by atoms with Gasteiger partial charge in [0.05, 0.1) is 42.9 Å². The van der Waals surface area contributed by atoms with Crippen LogP contribution in [0, 0.1) is 11.8 Å². The summed E-state index contributed by atoms with van der Waals surface area (Å²) < 4.78 is 9.98. The van der Waals surface area contributed by atoms with E-state index in [1.807, 2.05) is 37.3 Å². The van der Waals surface area contributed by atoms with Gasteiger partial charge in [0, 0.05) is 17.5 Å². The van der Waals surface area contributed by atoms with Crippen LogP contribution in [0.4, 0.5) is 5.69 Å². The lowest BCUT2D eigenvalue weighted by Crippen LogP contribution is -2.56. The molecule has 0 saturated carbocycles. The summed E-state index contributed by atoms with van der Waals surface area (Å²) in [6.07, 6.45) is 11.1. The average Bonchev–Trinajstić information content (AvgIpc) is 3.30. The Hall–Kier alpha value is -2.78. The fourth-order valence-electron chi connectivity index (χ4n) is 6.16. The van der Waals surface area contributed by atoms with E-state index in [-0.39, 0.29) is 29.6 Å². The van der Waals surface area contributed by atoms with Crippen LogP contribution < -0.4 is 9.64 Å². The zero-order chi connectivity index (χ0) is 26.2. The minimum absolute atomic E-state index is 0.216. The Bertz CT molecular complexity index is 1100. The second-order valence-electron chi connectivity index (χ2n) is 9.97. The fourth-order valence-corrected chi connectivity index (χ4v) is 8.15. The molecule has 0 aliphatic carbocycles. The number of aliphatic hydroxyl groups is 1. The molecule has 1 unspecified atom stereocenters. The number of cyclic esters (lactones) is 1. The highest BCUT2D eigenvalue weighted by Gasteiger charge is 2.71. The number of likely N-dealkylation sites (tertiary alicyclic amines) is 1. The molecule has 9 heteroatoms. The molecule has 0 bridgehead atoms. The lowest BCUT2D eigenvalue weighted by Gasteiger charge is -2.38. The van der Waals surface area contributed by atoms with E-state index in [0.29, 0.717) is 31.0 Å². The Morgan fingerprint density at radius 2 is 1.95 bits per heavy atom. The van der Waals surface area contributed by atoms with Crippen molar-refractivity contribution < 1.29 is 29.0 Å². The number of carbonyl (C=O) groups is 3. The summed E-state index contributed by atoms with van der Waals surface area (Å²) in [5.74, 6) is -1.62. The first-order valence-corrected chi connectivity index (χ1v) is 13.9. The second-order valence-corrected chi connectivity index (χ2v) is 11.5. The zero-order valence-electron chi connectivity index (χ0n) is 21.2. The summed E-state index contributed by atoms with van der Waals surface area (Å²) in [5.41, 5.74) is 0.696. The number of allylic oxidation sites excluding steroid dienone is 1. The van der Waals surface area contributed by atoms with Gasteiger partial charge in [-0.2, -0.15) is 0 Å². The number of thioether (sulfide) groups is 1. The van der Waals surface area contributed by atoms with Crippen molar-refractivity contribution in [3.8, 4) is 5.75 Å². The van der Waals surface area contributed by atoms with Crippen molar-refractivity contribution in [1.82, 2.24) is 4.90 Å². The Morgan fingerprint density at radius 3 is 2.65 bits per heavy atom. The maximum atomic E-state index is 14.4. The Kier molecular flexibility index (Phi) is 7.36. The van der Waals surface area contributed by atoms with Crippen LogP contribution in [0.5, 0.6) is 5.75 Å². The van der Waals surface area contributed by atoms with Crippen molar-refractivity contribution in [2.24, 2.45) is 11.8 Å². The summed E-state index contributed by atoms with van der Waals surface area (Å²) in [4.78, 5) is 45.2. The molecular weight excluding hydrogens is 492 g/mol. The molecule has 1 aromatic carbocycles. The maximum absolute atomic E-state index is 14.4. The number of benzene rings is 1. The number of fused-ring (bicyclic) bond motifs is 2. The Balaban J connectivity index is 1.61. The van der Waals surface area contributed by atoms with Crippen molar-refractivity contribution in [2.45, 2.75) is 54.7 Å². The van der Waals surface area contributed by atoms with Crippen LogP contribution in [0.1, 0.15) is 32.6 Å². The summed E-state index contributed by atoms with van der Waals surface area (Å²) in [6.45, 7) is 2.30. The number of methoxy groups -OCH3 is 1. The van der Waals surface area contributed by atoms with Gasteiger partial charge in [0.1, 0.15) is 11.8 Å². The van der Waals surface area contributed by atoms with Gasteiger partial charge in [0.2, 0.25) is 5.91 Å². The van der Waals surface area contributed by atoms with Crippen molar-refractivity contribution in [3.05, 3.63) is 48.6 Å². The minimum Gasteiger partial charge on any atom is -0.497 e. The second kappa shape index (κ2) is 10.5. The fraction of sp³-hybridized carbons (Fsp3) is 0.536. The normalized spacial score (nSPS) is 33.2. The number of amides is 2. The van der Waals surface area contributed by atoms with E-state index in [1.165, 1.54) is 11.8 Å². The van der Waals surface area contributed by atoms with Crippen molar-refractivity contribution >= 4 is 35.2 Å². The number of aliphatic hydroxyl groups excluding tert-OH is 1. The monoisotopic (exact) mass is 526 g/mol. The third kappa shape index (κ3) is 4.26. The quantitative estimate of drug-likeness (QED) is 0.466.